The van der Waals surface area contributed by atoms with E-state index in [1.165, 1.54) is 0 Å². The fraction of sp³-hybridized carbons (Fsp3) is 0.286. The van der Waals surface area contributed by atoms with Crippen molar-refractivity contribution in [3.05, 3.63) is 102 Å². The summed E-state index contributed by atoms with van der Waals surface area (Å²) in [6.07, 6.45) is 1.10. The van der Waals surface area contributed by atoms with E-state index in [-0.39, 0.29) is 18.4 Å². The number of hydrogen-bond acceptors (Lipinski definition) is 4. The van der Waals surface area contributed by atoms with E-state index in [0.717, 1.165) is 11.1 Å². The van der Waals surface area contributed by atoms with Gasteiger partial charge in [0.25, 0.3) is 5.91 Å². The third-order valence-electron chi connectivity index (χ3n) is 5.40. The zero-order valence-electron chi connectivity index (χ0n) is 19.6. The summed E-state index contributed by atoms with van der Waals surface area (Å²) in [6, 6.07) is 28.0. The molecule has 0 aliphatic heterocycles. The minimum atomic E-state index is -0.683. The van der Waals surface area contributed by atoms with Crippen LogP contribution >= 0.6 is 0 Å². The molecule has 178 valence electrons. The lowest BCUT2D eigenvalue weighted by atomic mass is 10.0. The molecule has 0 radical (unpaired) electrons. The van der Waals surface area contributed by atoms with Crippen LogP contribution in [-0.4, -0.2) is 49.6 Å². The van der Waals surface area contributed by atoms with E-state index in [0.29, 0.717) is 38.3 Å². The second-order valence-corrected chi connectivity index (χ2v) is 7.95. The number of para-hydroxylation sites is 1. The molecular formula is C28H32N2O4. The van der Waals surface area contributed by atoms with Gasteiger partial charge in [-0.15, -0.1) is 0 Å². The first-order valence-electron chi connectivity index (χ1n) is 11.5. The highest BCUT2D eigenvalue weighted by Gasteiger charge is 2.30. The fourth-order valence-electron chi connectivity index (χ4n) is 3.62. The number of amides is 2. The van der Waals surface area contributed by atoms with Gasteiger partial charge < -0.3 is 19.7 Å². The second-order valence-electron chi connectivity index (χ2n) is 7.95. The summed E-state index contributed by atoms with van der Waals surface area (Å²) < 4.78 is 10.8. The largest absolute Gasteiger partial charge is 0.484 e. The normalized spacial score (nSPS) is 11.4. The van der Waals surface area contributed by atoms with Crippen molar-refractivity contribution in [3.8, 4) is 5.75 Å². The summed E-state index contributed by atoms with van der Waals surface area (Å²) in [5.74, 6) is 0.170. The maximum absolute atomic E-state index is 13.4. The lowest BCUT2D eigenvalue weighted by Crippen LogP contribution is -2.51. The molecule has 0 aromatic heterocycles. The minimum absolute atomic E-state index is 0.154. The topological polar surface area (TPSA) is 67.9 Å². The Morgan fingerprint density at radius 2 is 1.44 bits per heavy atom. The van der Waals surface area contributed by atoms with Gasteiger partial charge in [-0.3, -0.25) is 9.59 Å². The molecule has 1 atom stereocenters. The maximum atomic E-state index is 13.4. The number of carbonyl (C=O) groups excluding carboxylic acids is 2. The average molecular weight is 461 g/mol. The molecule has 1 unspecified atom stereocenters. The number of nitrogens with zero attached hydrogens (tertiary/aromatic N) is 1. The molecule has 3 rings (SSSR count). The predicted octanol–water partition coefficient (Wildman–Crippen LogP) is 3.86. The predicted molar refractivity (Wildman–Crippen MR) is 132 cm³/mol. The van der Waals surface area contributed by atoms with Gasteiger partial charge in [0, 0.05) is 33.2 Å². The van der Waals surface area contributed by atoms with Crippen LogP contribution in [0.1, 0.15) is 17.5 Å². The van der Waals surface area contributed by atoms with E-state index < -0.39 is 6.04 Å². The summed E-state index contributed by atoms with van der Waals surface area (Å²) in [7, 11) is 1.63. The molecule has 0 aliphatic rings. The van der Waals surface area contributed by atoms with Crippen LogP contribution in [0, 0.1) is 0 Å². The highest BCUT2D eigenvalue weighted by molar-refractivity contribution is 5.88. The third-order valence-corrected chi connectivity index (χ3v) is 5.40. The molecule has 6 heteroatoms. The molecule has 6 nitrogen and oxygen atoms in total. The smallest absolute Gasteiger partial charge is 0.261 e. The van der Waals surface area contributed by atoms with Gasteiger partial charge in [-0.2, -0.15) is 0 Å². The molecule has 0 fully saturated rings. The van der Waals surface area contributed by atoms with Crippen LogP contribution in [0.15, 0.2) is 91.0 Å². The van der Waals surface area contributed by atoms with E-state index in [4.69, 9.17) is 9.47 Å². The Hall–Kier alpha value is -3.64. The zero-order chi connectivity index (χ0) is 24.0. The van der Waals surface area contributed by atoms with Crippen molar-refractivity contribution >= 4 is 11.8 Å². The number of nitrogens with one attached hydrogen (secondary N) is 1. The van der Waals surface area contributed by atoms with Gasteiger partial charge in [-0.05, 0) is 29.7 Å². The van der Waals surface area contributed by atoms with E-state index in [1.807, 2.05) is 78.9 Å². The zero-order valence-corrected chi connectivity index (χ0v) is 19.6. The van der Waals surface area contributed by atoms with Crippen molar-refractivity contribution in [2.75, 3.05) is 26.9 Å². The molecule has 3 aromatic carbocycles. The van der Waals surface area contributed by atoms with Crippen LogP contribution in [0.2, 0.25) is 0 Å². The quantitative estimate of drug-likeness (QED) is 0.394. The van der Waals surface area contributed by atoms with Gasteiger partial charge in [0.15, 0.2) is 6.61 Å². The molecule has 3 aromatic rings. The summed E-state index contributed by atoms with van der Waals surface area (Å²) in [5.41, 5.74) is 1.93. The Morgan fingerprint density at radius 3 is 2.06 bits per heavy atom. The number of benzene rings is 3. The van der Waals surface area contributed by atoms with Crippen LogP contribution in [-0.2, 0) is 27.3 Å². The van der Waals surface area contributed by atoms with Crippen molar-refractivity contribution in [3.63, 3.8) is 0 Å². The highest BCUT2D eigenvalue weighted by Crippen LogP contribution is 2.16. The molecule has 34 heavy (non-hydrogen) atoms. The van der Waals surface area contributed by atoms with E-state index >= 15 is 0 Å². The summed E-state index contributed by atoms with van der Waals surface area (Å²) >= 11 is 0. The van der Waals surface area contributed by atoms with Gasteiger partial charge in [-0.25, -0.2) is 0 Å². The Morgan fingerprint density at radius 1 is 0.853 bits per heavy atom. The standard InChI is InChI=1S/C28H32N2O4/c1-33-19-11-18-29-28(32)26(20-23-12-5-2-6-13-23)30(21-24-14-7-3-8-15-24)27(31)22-34-25-16-9-4-10-17-25/h2-10,12-17,26H,11,18-22H2,1H3,(H,29,32). The van der Waals surface area contributed by atoms with Crippen LogP contribution in [0.5, 0.6) is 5.75 Å². The van der Waals surface area contributed by atoms with E-state index in [9.17, 15) is 9.59 Å². The number of rotatable bonds is 13. The Kier molecular flexibility index (Phi) is 10.1. The number of methoxy groups -OCH3 is 1. The second kappa shape index (κ2) is 13.8. The molecule has 0 aliphatic carbocycles. The Balaban J connectivity index is 1.83. The molecular weight excluding hydrogens is 428 g/mol. The van der Waals surface area contributed by atoms with Gasteiger partial charge in [0.1, 0.15) is 11.8 Å². The fourth-order valence-corrected chi connectivity index (χ4v) is 3.62. The van der Waals surface area contributed by atoms with E-state index in [2.05, 4.69) is 5.32 Å². The first-order chi connectivity index (χ1) is 16.7. The van der Waals surface area contributed by atoms with Crippen LogP contribution in [0.4, 0.5) is 0 Å². The number of ether oxygens (including phenoxy) is 2. The third kappa shape index (κ3) is 8.05. The molecule has 2 amide bonds. The van der Waals surface area contributed by atoms with E-state index in [1.54, 1.807) is 24.1 Å². The van der Waals surface area contributed by atoms with Crippen LogP contribution in [0.3, 0.4) is 0 Å². The first-order valence-corrected chi connectivity index (χ1v) is 11.5. The molecule has 0 heterocycles. The first kappa shape index (κ1) is 25.0. The average Bonchev–Trinajstić information content (AvgIpc) is 2.89. The Labute approximate surface area is 201 Å². The van der Waals surface area contributed by atoms with Gasteiger partial charge >= 0.3 is 0 Å². The molecule has 0 saturated heterocycles. The Bertz CT molecular complexity index is 997. The molecule has 1 N–H and O–H groups in total. The van der Waals surface area contributed by atoms with Crippen LogP contribution in [0.25, 0.3) is 0 Å². The summed E-state index contributed by atoms with van der Waals surface area (Å²) in [6.45, 7) is 1.19. The molecule has 0 spiro atoms. The number of hydrogen-bond donors (Lipinski definition) is 1. The lowest BCUT2D eigenvalue weighted by molar-refractivity contribution is -0.142. The van der Waals surface area contributed by atoms with Crippen molar-refractivity contribution in [1.29, 1.82) is 0 Å². The molecule has 0 bridgehead atoms. The van der Waals surface area contributed by atoms with Crippen molar-refractivity contribution in [1.82, 2.24) is 10.2 Å². The van der Waals surface area contributed by atoms with Gasteiger partial charge in [0.2, 0.25) is 5.91 Å². The monoisotopic (exact) mass is 460 g/mol. The SMILES string of the molecule is COCCCNC(=O)C(Cc1ccccc1)N(Cc1ccccc1)C(=O)COc1ccccc1. The summed E-state index contributed by atoms with van der Waals surface area (Å²) in [5, 5.41) is 2.98. The van der Waals surface area contributed by atoms with Gasteiger partial charge in [0.05, 0.1) is 0 Å². The summed E-state index contributed by atoms with van der Waals surface area (Å²) in [4.78, 5) is 28.4. The lowest BCUT2D eigenvalue weighted by Gasteiger charge is -2.31. The van der Waals surface area contributed by atoms with Crippen LogP contribution < -0.4 is 10.1 Å². The number of carbonyl (C=O) groups is 2. The minimum Gasteiger partial charge on any atom is -0.484 e. The maximum Gasteiger partial charge on any atom is 0.261 e. The molecule has 0 saturated carbocycles. The van der Waals surface area contributed by atoms with Crippen molar-refractivity contribution < 1.29 is 19.1 Å². The van der Waals surface area contributed by atoms with Crippen molar-refractivity contribution in [2.45, 2.75) is 25.4 Å². The van der Waals surface area contributed by atoms with Crippen molar-refractivity contribution in [2.24, 2.45) is 0 Å². The van der Waals surface area contributed by atoms with Gasteiger partial charge in [-0.1, -0.05) is 78.9 Å². The highest BCUT2D eigenvalue weighted by atomic mass is 16.5.